The molecule has 20 heavy (non-hydrogen) atoms. The normalized spacial score (nSPS) is 20.3. The van der Waals surface area contributed by atoms with Crippen molar-refractivity contribution in [2.75, 3.05) is 31.7 Å². The van der Waals surface area contributed by atoms with Gasteiger partial charge in [0, 0.05) is 44.3 Å². The van der Waals surface area contributed by atoms with Gasteiger partial charge >= 0.3 is 0 Å². The van der Waals surface area contributed by atoms with E-state index in [0.717, 1.165) is 38.3 Å². The third kappa shape index (κ3) is 3.71. The fraction of sp³-hybridized carbons (Fsp3) is 0.800. The van der Waals surface area contributed by atoms with Gasteiger partial charge in [0.05, 0.1) is 5.69 Å². The molecule has 1 aliphatic heterocycles. The minimum atomic E-state index is 0.756. The summed E-state index contributed by atoms with van der Waals surface area (Å²) in [5.41, 5.74) is 1.19. The van der Waals surface area contributed by atoms with Crippen LogP contribution in [0.3, 0.4) is 0 Å². The number of ether oxygens (including phenoxy) is 1. The lowest BCUT2D eigenvalue weighted by Gasteiger charge is -2.26. The van der Waals surface area contributed by atoms with Crippen LogP contribution in [0.15, 0.2) is 0 Å². The average molecular weight is 295 g/mol. The Morgan fingerprint density at radius 1 is 1.30 bits per heavy atom. The van der Waals surface area contributed by atoms with E-state index in [4.69, 9.17) is 9.72 Å². The molecule has 2 aliphatic rings. The summed E-state index contributed by atoms with van der Waals surface area (Å²) in [5.74, 6) is 0.756. The summed E-state index contributed by atoms with van der Waals surface area (Å²) in [5, 5.41) is 4.75. The lowest BCUT2D eigenvalue weighted by molar-refractivity contribution is 0.0685. The average Bonchev–Trinajstić information content (AvgIpc) is 3.20. The standard InChI is InChI=1S/C15H25N3OS/c1-11-14(9-16-13-3-4-13)20-15(17-11)18(2)10-12-5-7-19-8-6-12/h12-13,16H,3-10H2,1-2H3. The Kier molecular flexibility index (Phi) is 4.58. The number of aromatic nitrogens is 1. The van der Waals surface area contributed by atoms with E-state index in [0.29, 0.717) is 0 Å². The number of nitrogens with zero attached hydrogens (tertiary/aromatic N) is 2. The highest BCUT2D eigenvalue weighted by Gasteiger charge is 2.22. The zero-order valence-electron chi connectivity index (χ0n) is 12.5. The quantitative estimate of drug-likeness (QED) is 0.875. The highest BCUT2D eigenvalue weighted by Crippen LogP contribution is 2.28. The molecule has 0 atom stereocenters. The second-order valence-electron chi connectivity index (χ2n) is 6.10. The molecule has 0 amide bonds. The molecule has 1 saturated heterocycles. The number of hydrogen-bond acceptors (Lipinski definition) is 5. The van der Waals surface area contributed by atoms with Crippen LogP contribution in [-0.2, 0) is 11.3 Å². The van der Waals surface area contributed by atoms with Gasteiger partial charge in [0.15, 0.2) is 5.13 Å². The maximum Gasteiger partial charge on any atom is 0.185 e. The molecule has 0 spiro atoms. The van der Waals surface area contributed by atoms with Crippen LogP contribution in [-0.4, -0.2) is 37.8 Å². The van der Waals surface area contributed by atoms with Crippen LogP contribution in [0, 0.1) is 12.8 Å². The maximum atomic E-state index is 5.43. The lowest BCUT2D eigenvalue weighted by atomic mass is 10.0. The molecule has 2 heterocycles. The molecule has 3 rings (SSSR count). The van der Waals surface area contributed by atoms with Gasteiger partial charge < -0.3 is 15.0 Å². The molecule has 4 nitrogen and oxygen atoms in total. The van der Waals surface area contributed by atoms with Gasteiger partial charge in [-0.3, -0.25) is 0 Å². The smallest absolute Gasteiger partial charge is 0.185 e. The van der Waals surface area contributed by atoms with Crippen molar-refractivity contribution < 1.29 is 4.74 Å². The van der Waals surface area contributed by atoms with Gasteiger partial charge in [-0.05, 0) is 38.5 Å². The molecule has 1 aromatic heterocycles. The summed E-state index contributed by atoms with van der Waals surface area (Å²) in [6.45, 7) is 6.06. The van der Waals surface area contributed by atoms with Gasteiger partial charge in [-0.15, -0.1) is 11.3 Å². The van der Waals surface area contributed by atoms with E-state index in [1.165, 1.54) is 41.4 Å². The third-order valence-electron chi connectivity index (χ3n) is 4.21. The zero-order valence-corrected chi connectivity index (χ0v) is 13.3. The third-order valence-corrected chi connectivity index (χ3v) is 5.48. The van der Waals surface area contributed by atoms with Crippen LogP contribution >= 0.6 is 11.3 Å². The van der Waals surface area contributed by atoms with Crippen molar-refractivity contribution in [2.45, 2.75) is 45.2 Å². The molecule has 1 aliphatic carbocycles. The molecule has 112 valence electrons. The Balaban J connectivity index is 1.55. The van der Waals surface area contributed by atoms with Crippen molar-refractivity contribution >= 4 is 16.5 Å². The van der Waals surface area contributed by atoms with E-state index in [9.17, 15) is 0 Å². The van der Waals surface area contributed by atoms with Crippen LogP contribution in [0.5, 0.6) is 0 Å². The molecular weight excluding hydrogens is 270 g/mol. The first kappa shape index (κ1) is 14.3. The van der Waals surface area contributed by atoms with E-state index in [1.54, 1.807) is 0 Å². The van der Waals surface area contributed by atoms with Gasteiger partial charge in [0.2, 0.25) is 0 Å². The molecule has 0 bridgehead atoms. The zero-order chi connectivity index (χ0) is 13.9. The van der Waals surface area contributed by atoms with E-state index in [2.05, 4.69) is 24.2 Å². The van der Waals surface area contributed by atoms with Gasteiger partial charge in [-0.25, -0.2) is 4.98 Å². The van der Waals surface area contributed by atoms with Crippen molar-refractivity contribution in [1.29, 1.82) is 0 Å². The number of aryl methyl sites for hydroxylation is 1. The minimum Gasteiger partial charge on any atom is -0.381 e. The molecular formula is C15H25N3OS. The Labute approximate surface area is 125 Å². The van der Waals surface area contributed by atoms with Gasteiger partial charge in [-0.1, -0.05) is 0 Å². The Bertz CT molecular complexity index is 438. The largest absolute Gasteiger partial charge is 0.381 e. The molecule has 1 aromatic rings. The van der Waals surface area contributed by atoms with Crippen LogP contribution in [0.2, 0.25) is 0 Å². The number of rotatable bonds is 6. The topological polar surface area (TPSA) is 37.4 Å². The first-order chi connectivity index (χ1) is 9.72. The maximum absolute atomic E-state index is 5.43. The SMILES string of the molecule is Cc1nc(N(C)CC2CCOCC2)sc1CNC1CC1. The van der Waals surface area contributed by atoms with E-state index in [1.807, 2.05) is 11.3 Å². The summed E-state index contributed by atoms with van der Waals surface area (Å²) in [7, 11) is 2.17. The second kappa shape index (κ2) is 6.41. The van der Waals surface area contributed by atoms with Gasteiger partial charge in [0.1, 0.15) is 0 Å². The van der Waals surface area contributed by atoms with Crippen LogP contribution in [0.4, 0.5) is 5.13 Å². The van der Waals surface area contributed by atoms with Crippen LogP contribution in [0.25, 0.3) is 0 Å². The molecule has 1 N–H and O–H groups in total. The first-order valence-electron chi connectivity index (χ1n) is 7.71. The van der Waals surface area contributed by atoms with Crippen molar-refractivity contribution in [3.63, 3.8) is 0 Å². The van der Waals surface area contributed by atoms with Crippen molar-refractivity contribution in [1.82, 2.24) is 10.3 Å². The number of thiazole rings is 1. The summed E-state index contributed by atoms with van der Waals surface area (Å²) >= 11 is 1.85. The number of anilines is 1. The second-order valence-corrected chi connectivity index (χ2v) is 7.16. The van der Waals surface area contributed by atoms with E-state index < -0.39 is 0 Å². The predicted octanol–water partition coefficient (Wildman–Crippen LogP) is 2.57. The van der Waals surface area contributed by atoms with Gasteiger partial charge in [-0.2, -0.15) is 0 Å². The highest BCUT2D eigenvalue weighted by molar-refractivity contribution is 7.15. The Morgan fingerprint density at radius 3 is 2.75 bits per heavy atom. The molecule has 0 aromatic carbocycles. The van der Waals surface area contributed by atoms with E-state index >= 15 is 0 Å². The summed E-state index contributed by atoms with van der Waals surface area (Å²) in [6.07, 6.45) is 5.05. The fourth-order valence-corrected chi connectivity index (χ4v) is 3.64. The van der Waals surface area contributed by atoms with Crippen molar-refractivity contribution in [2.24, 2.45) is 5.92 Å². The van der Waals surface area contributed by atoms with E-state index in [-0.39, 0.29) is 0 Å². The molecule has 0 unspecified atom stereocenters. The number of nitrogens with one attached hydrogen (secondary N) is 1. The highest BCUT2D eigenvalue weighted by atomic mass is 32.1. The van der Waals surface area contributed by atoms with Crippen molar-refractivity contribution in [3.05, 3.63) is 10.6 Å². The molecule has 5 heteroatoms. The minimum absolute atomic E-state index is 0.756. The lowest BCUT2D eigenvalue weighted by Crippen LogP contribution is -2.29. The summed E-state index contributed by atoms with van der Waals surface area (Å²) in [6, 6.07) is 0.764. The monoisotopic (exact) mass is 295 g/mol. The molecule has 1 saturated carbocycles. The van der Waals surface area contributed by atoms with Crippen molar-refractivity contribution in [3.8, 4) is 0 Å². The molecule has 0 radical (unpaired) electrons. The Hall–Kier alpha value is -0.650. The predicted molar refractivity (Wildman–Crippen MR) is 83.5 cm³/mol. The van der Waals surface area contributed by atoms with Crippen LogP contribution in [0.1, 0.15) is 36.3 Å². The number of hydrogen-bond donors (Lipinski definition) is 1. The Morgan fingerprint density at radius 2 is 2.05 bits per heavy atom. The summed E-state index contributed by atoms with van der Waals surface area (Å²) < 4.78 is 5.43. The fourth-order valence-electron chi connectivity index (χ4n) is 2.66. The van der Waals surface area contributed by atoms with Gasteiger partial charge in [0.25, 0.3) is 0 Å². The van der Waals surface area contributed by atoms with Crippen LogP contribution < -0.4 is 10.2 Å². The first-order valence-corrected chi connectivity index (χ1v) is 8.52. The molecule has 2 fully saturated rings. The summed E-state index contributed by atoms with van der Waals surface area (Å²) in [4.78, 5) is 8.47.